The summed E-state index contributed by atoms with van der Waals surface area (Å²) in [4.78, 5) is 27.5. The predicted octanol–water partition coefficient (Wildman–Crippen LogP) is 4.14. The van der Waals surface area contributed by atoms with Crippen LogP contribution in [0.1, 0.15) is 19.4 Å². The Bertz CT molecular complexity index is 1430. The molecular weight excluding hydrogens is 398 g/mol. The molecule has 0 N–H and O–H groups in total. The summed E-state index contributed by atoms with van der Waals surface area (Å²) in [6.45, 7) is 5.21. The summed E-state index contributed by atoms with van der Waals surface area (Å²) < 4.78 is 22.3. The van der Waals surface area contributed by atoms with Crippen molar-refractivity contribution in [3.63, 3.8) is 0 Å². The van der Waals surface area contributed by atoms with Gasteiger partial charge in [0.2, 0.25) is 0 Å². The zero-order chi connectivity index (χ0) is 21.7. The number of rotatable bonds is 3. The summed E-state index contributed by atoms with van der Waals surface area (Å²) in [7, 11) is 1.52. The van der Waals surface area contributed by atoms with Gasteiger partial charge in [-0.3, -0.25) is 4.90 Å². The van der Waals surface area contributed by atoms with E-state index >= 15 is 0 Å². The second-order valence-corrected chi connectivity index (χ2v) is 7.84. The summed E-state index contributed by atoms with van der Waals surface area (Å²) in [6, 6.07) is 12.3. The fourth-order valence-electron chi connectivity index (χ4n) is 3.97. The minimum absolute atomic E-state index is 0.265. The van der Waals surface area contributed by atoms with Gasteiger partial charge in [0.25, 0.3) is 0 Å². The lowest BCUT2D eigenvalue weighted by Crippen LogP contribution is -2.37. The van der Waals surface area contributed by atoms with E-state index in [4.69, 9.17) is 18.3 Å². The first-order valence-electron chi connectivity index (χ1n) is 10.0. The van der Waals surface area contributed by atoms with Crippen LogP contribution < -0.4 is 20.7 Å². The molecule has 31 heavy (non-hydrogen) atoms. The number of methoxy groups -OCH3 is 1. The monoisotopic (exact) mass is 419 g/mol. The van der Waals surface area contributed by atoms with Crippen molar-refractivity contribution < 1.29 is 18.3 Å². The van der Waals surface area contributed by atoms with Gasteiger partial charge in [-0.15, -0.1) is 0 Å². The zero-order valence-corrected chi connectivity index (χ0v) is 17.4. The van der Waals surface area contributed by atoms with E-state index in [-0.39, 0.29) is 11.6 Å². The Balaban J connectivity index is 1.77. The largest absolute Gasteiger partial charge is 0.493 e. The Morgan fingerprint density at radius 3 is 2.61 bits per heavy atom. The number of ether oxygens (including phenoxy) is 2. The molecule has 1 aliphatic rings. The van der Waals surface area contributed by atoms with Crippen molar-refractivity contribution in [3.8, 4) is 22.6 Å². The fraction of sp³-hybridized carbons (Fsp3) is 0.250. The maximum atomic E-state index is 12.9. The maximum absolute atomic E-state index is 12.9. The highest BCUT2D eigenvalue weighted by molar-refractivity contribution is 5.97. The second kappa shape index (κ2) is 7.28. The zero-order valence-electron chi connectivity index (χ0n) is 17.4. The first-order chi connectivity index (χ1) is 15.0. The standard InChI is InChI=1S/C24H21NO6/c1-13(2)25-11-18-19(29-12-25)8-7-15-16(10-21(26)30-23(15)18)17-9-14-5-4-6-20(28-3)22(14)31-24(17)27/h4-10,13H,11-12H2,1-3H3. The first-order valence-corrected chi connectivity index (χ1v) is 10.0. The van der Waals surface area contributed by atoms with Crippen LogP contribution in [0.4, 0.5) is 0 Å². The number of para-hydroxylation sites is 1. The van der Waals surface area contributed by atoms with Gasteiger partial charge in [0.1, 0.15) is 18.1 Å². The molecule has 7 nitrogen and oxygen atoms in total. The summed E-state index contributed by atoms with van der Waals surface area (Å²) in [5.74, 6) is 1.15. The topological polar surface area (TPSA) is 82.1 Å². The van der Waals surface area contributed by atoms with E-state index in [1.807, 2.05) is 24.3 Å². The molecule has 5 rings (SSSR count). The normalized spacial score (nSPS) is 14.1. The third-order valence-corrected chi connectivity index (χ3v) is 5.68. The van der Waals surface area contributed by atoms with Gasteiger partial charge in [-0.1, -0.05) is 12.1 Å². The van der Waals surface area contributed by atoms with Crippen molar-refractivity contribution in [2.45, 2.75) is 26.4 Å². The van der Waals surface area contributed by atoms with Crippen molar-refractivity contribution in [3.05, 3.63) is 68.9 Å². The molecule has 0 fully saturated rings. The van der Waals surface area contributed by atoms with E-state index in [0.29, 0.717) is 52.3 Å². The molecule has 0 saturated heterocycles. The Morgan fingerprint density at radius 1 is 1.00 bits per heavy atom. The van der Waals surface area contributed by atoms with Crippen molar-refractivity contribution in [2.24, 2.45) is 0 Å². The van der Waals surface area contributed by atoms with Crippen LogP contribution in [0, 0.1) is 0 Å². The molecule has 0 spiro atoms. The first kappa shape index (κ1) is 19.4. The number of fused-ring (bicyclic) bond motifs is 4. The summed E-state index contributed by atoms with van der Waals surface area (Å²) in [5, 5.41) is 1.35. The van der Waals surface area contributed by atoms with Crippen LogP contribution in [0.5, 0.6) is 11.5 Å². The third-order valence-electron chi connectivity index (χ3n) is 5.68. The fourth-order valence-corrected chi connectivity index (χ4v) is 3.97. The molecule has 0 radical (unpaired) electrons. The molecule has 0 saturated carbocycles. The van der Waals surface area contributed by atoms with Gasteiger partial charge in [0, 0.05) is 35.0 Å². The van der Waals surface area contributed by atoms with Crippen molar-refractivity contribution in [1.29, 1.82) is 0 Å². The minimum atomic E-state index is -0.554. The van der Waals surface area contributed by atoms with Crippen LogP contribution in [-0.2, 0) is 6.54 Å². The van der Waals surface area contributed by atoms with E-state index in [9.17, 15) is 9.59 Å². The molecule has 0 aliphatic carbocycles. The average molecular weight is 419 g/mol. The molecule has 3 heterocycles. The van der Waals surface area contributed by atoms with E-state index < -0.39 is 11.3 Å². The van der Waals surface area contributed by atoms with Gasteiger partial charge < -0.3 is 18.3 Å². The van der Waals surface area contributed by atoms with Gasteiger partial charge in [0.15, 0.2) is 11.3 Å². The number of nitrogens with zero attached hydrogens (tertiary/aromatic N) is 1. The second-order valence-electron chi connectivity index (χ2n) is 7.84. The molecule has 0 bridgehead atoms. The Morgan fingerprint density at radius 2 is 1.84 bits per heavy atom. The number of benzene rings is 2. The van der Waals surface area contributed by atoms with E-state index in [2.05, 4.69) is 18.7 Å². The smallest absolute Gasteiger partial charge is 0.344 e. The van der Waals surface area contributed by atoms with Crippen molar-refractivity contribution in [1.82, 2.24) is 4.90 Å². The lowest BCUT2D eigenvalue weighted by Gasteiger charge is -2.32. The molecule has 0 unspecified atom stereocenters. The van der Waals surface area contributed by atoms with E-state index in [1.165, 1.54) is 13.2 Å². The maximum Gasteiger partial charge on any atom is 0.344 e. The third kappa shape index (κ3) is 3.18. The van der Waals surface area contributed by atoms with Gasteiger partial charge in [-0.05, 0) is 38.1 Å². The van der Waals surface area contributed by atoms with E-state index in [1.54, 1.807) is 12.1 Å². The van der Waals surface area contributed by atoms with Crippen LogP contribution >= 0.6 is 0 Å². The van der Waals surface area contributed by atoms with Gasteiger partial charge in [-0.25, -0.2) is 9.59 Å². The summed E-state index contributed by atoms with van der Waals surface area (Å²) in [5.41, 5.74) is 1.25. The molecule has 4 aromatic rings. The van der Waals surface area contributed by atoms with Crippen LogP contribution in [0.15, 0.2) is 60.9 Å². The van der Waals surface area contributed by atoms with Crippen LogP contribution in [-0.4, -0.2) is 24.8 Å². The van der Waals surface area contributed by atoms with Gasteiger partial charge in [-0.2, -0.15) is 0 Å². The molecule has 1 aliphatic heterocycles. The van der Waals surface area contributed by atoms with Gasteiger partial charge >= 0.3 is 11.3 Å². The minimum Gasteiger partial charge on any atom is -0.493 e. The Labute approximate surface area is 177 Å². The average Bonchev–Trinajstić information content (AvgIpc) is 2.77. The highest BCUT2D eigenvalue weighted by atomic mass is 16.5. The molecule has 158 valence electrons. The lowest BCUT2D eigenvalue weighted by molar-refractivity contribution is 0.0689. The highest BCUT2D eigenvalue weighted by Crippen LogP contribution is 2.36. The summed E-state index contributed by atoms with van der Waals surface area (Å²) >= 11 is 0. The predicted molar refractivity (Wildman–Crippen MR) is 117 cm³/mol. The molecular formula is C24H21NO6. The van der Waals surface area contributed by atoms with Crippen LogP contribution in [0.25, 0.3) is 33.1 Å². The quantitative estimate of drug-likeness (QED) is 0.462. The number of hydrogen-bond acceptors (Lipinski definition) is 7. The molecule has 0 amide bonds. The highest BCUT2D eigenvalue weighted by Gasteiger charge is 2.25. The summed E-state index contributed by atoms with van der Waals surface area (Å²) in [6.07, 6.45) is 0. The number of hydrogen-bond donors (Lipinski definition) is 0. The molecule has 0 atom stereocenters. The molecule has 2 aromatic heterocycles. The van der Waals surface area contributed by atoms with Crippen molar-refractivity contribution >= 4 is 21.9 Å². The SMILES string of the molecule is COc1cccc2cc(-c3cc(=O)oc4c5c(ccc34)OCN(C(C)C)C5)c(=O)oc12. The van der Waals surface area contributed by atoms with Gasteiger partial charge in [0.05, 0.1) is 18.2 Å². The van der Waals surface area contributed by atoms with Crippen LogP contribution in [0.2, 0.25) is 0 Å². The molecule has 2 aromatic carbocycles. The Kier molecular flexibility index (Phi) is 4.55. The van der Waals surface area contributed by atoms with Crippen LogP contribution in [0.3, 0.4) is 0 Å². The molecule has 7 heteroatoms. The van der Waals surface area contributed by atoms with Crippen molar-refractivity contribution in [2.75, 3.05) is 13.8 Å². The van der Waals surface area contributed by atoms with E-state index in [0.717, 1.165) is 5.56 Å². The Hall–Kier alpha value is -3.58. The lowest BCUT2D eigenvalue weighted by atomic mass is 9.99.